The van der Waals surface area contributed by atoms with Gasteiger partial charge in [-0.3, -0.25) is 0 Å². The second-order valence-corrected chi connectivity index (χ2v) is 7.21. The van der Waals surface area contributed by atoms with Crippen molar-refractivity contribution in [3.8, 4) is 0 Å². The van der Waals surface area contributed by atoms with Crippen molar-refractivity contribution in [2.75, 3.05) is 25.1 Å². The number of aromatic nitrogens is 2. The van der Waals surface area contributed by atoms with E-state index < -0.39 is 0 Å². The molecule has 1 fully saturated rings. The molecule has 0 aromatic carbocycles. The van der Waals surface area contributed by atoms with Gasteiger partial charge in [-0.15, -0.1) is 0 Å². The Morgan fingerprint density at radius 1 is 1.38 bits per heavy atom. The molecule has 2 rings (SSSR count). The molecule has 1 aliphatic rings. The predicted molar refractivity (Wildman–Crippen MR) is 94.9 cm³/mol. The van der Waals surface area contributed by atoms with E-state index in [0.29, 0.717) is 11.8 Å². The lowest BCUT2D eigenvalue weighted by atomic mass is 10.0. The molecule has 1 N–H and O–H groups in total. The van der Waals surface area contributed by atoms with E-state index in [-0.39, 0.29) is 0 Å². The maximum Gasteiger partial charge on any atom is 0.143 e. The number of halogens is 1. The molecule has 0 radical (unpaired) electrons. The summed E-state index contributed by atoms with van der Waals surface area (Å²) in [6, 6.07) is 0. The zero-order valence-corrected chi connectivity index (χ0v) is 15.4. The van der Waals surface area contributed by atoms with Crippen LogP contribution >= 0.6 is 22.6 Å². The third kappa shape index (κ3) is 4.77. The zero-order valence-electron chi connectivity index (χ0n) is 13.3. The van der Waals surface area contributed by atoms with Gasteiger partial charge in [0.2, 0.25) is 0 Å². The maximum atomic E-state index is 5.61. The molecule has 2 heterocycles. The molecule has 1 saturated heterocycles. The molecule has 0 saturated carbocycles. The van der Waals surface area contributed by atoms with Crippen molar-refractivity contribution in [1.82, 2.24) is 9.97 Å². The highest BCUT2D eigenvalue weighted by atomic mass is 127. The molecule has 1 unspecified atom stereocenters. The average molecular weight is 403 g/mol. The number of nitrogens with zero attached hydrogens (tertiary/aromatic N) is 2. The van der Waals surface area contributed by atoms with Crippen LogP contribution in [-0.2, 0) is 11.2 Å². The van der Waals surface area contributed by atoms with Gasteiger partial charge in [0.1, 0.15) is 11.6 Å². The topological polar surface area (TPSA) is 47.0 Å². The Morgan fingerprint density at radius 2 is 2.19 bits per heavy atom. The van der Waals surface area contributed by atoms with Crippen molar-refractivity contribution in [2.24, 2.45) is 5.92 Å². The van der Waals surface area contributed by atoms with Gasteiger partial charge in [0, 0.05) is 19.1 Å². The van der Waals surface area contributed by atoms with Gasteiger partial charge >= 0.3 is 0 Å². The van der Waals surface area contributed by atoms with E-state index in [0.717, 1.165) is 57.1 Å². The number of rotatable bonds is 6. The van der Waals surface area contributed by atoms with E-state index in [1.165, 1.54) is 9.26 Å². The van der Waals surface area contributed by atoms with Crippen LogP contribution in [0.15, 0.2) is 0 Å². The van der Waals surface area contributed by atoms with Gasteiger partial charge in [-0.2, -0.15) is 0 Å². The van der Waals surface area contributed by atoms with Crippen LogP contribution < -0.4 is 5.32 Å². The molecular weight excluding hydrogens is 377 g/mol. The Labute approximate surface area is 141 Å². The van der Waals surface area contributed by atoms with Crippen LogP contribution in [0.2, 0.25) is 0 Å². The predicted octanol–water partition coefficient (Wildman–Crippen LogP) is 4.00. The molecule has 0 bridgehead atoms. The SMILES string of the molecule is CCCNc1nc(C2CCCOC2)nc(CC(C)C)c1I. The monoisotopic (exact) mass is 403 g/mol. The normalized spacial score (nSPS) is 19.0. The largest absolute Gasteiger partial charge is 0.381 e. The molecule has 5 heteroatoms. The van der Waals surface area contributed by atoms with Gasteiger partial charge < -0.3 is 10.1 Å². The highest BCUT2D eigenvalue weighted by Gasteiger charge is 2.22. The summed E-state index contributed by atoms with van der Waals surface area (Å²) in [5, 5.41) is 3.46. The van der Waals surface area contributed by atoms with E-state index in [1.807, 2.05) is 0 Å². The summed E-state index contributed by atoms with van der Waals surface area (Å²) < 4.78 is 6.78. The summed E-state index contributed by atoms with van der Waals surface area (Å²) in [4.78, 5) is 9.66. The highest BCUT2D eigenvalue weighted by molar-refractivity contribution is 14.1. The fourth-order valence-electron chi connectivity index (χ4n) is 2.52. The molecule has 1 aliphatic heterocycles. The van der Waals surface area contributed by atoms with Crippen LogP contribution in [0.1, 0.15) is 57.5 Å². The third-order valence-corrected chi connectivity index (χ3v) is 4.74. The van der Waals surface area contributed by atoms with Crippen LogP contribution in [0.25, 0.3) is 0 Å². The van der Waals surface area contributed by atoms with E-state index in [1.54, 1.807) is 0 Å². The maximum absolute atomic E-state index is 5.61. The van der Waals surface area contributed by atoms with Crippen molar-refractivity contribution in [3.05, 3.63) is 15.1 Å². The number of anilines is 1. The summed E-state index contributed by atoms with van der Waals surface area (Å²) in [6.45, 7) is 9.23. The summed E-state index contributed by atoms with van der Waals surface area (Å²) in [7, 11) is 0. The van der Waals surface area contributed by atoms with Gasteiger partial charge in [-0.25, -0.2) is 9.97 Å². The second kappa shape index (κ2) is 8.27. The average Bonchev–Trinajstić information content (AvgIpc) is 2.48. The van der Waals surface area contributed by atoms with Crippen molar-refractivity contribution in [2.45, 2.75) is 52.4 Å². The zero-order chi connectivity index (χ0) is 15.2. The number of ether oxygens (including phenoxy) is 1. The highest BCUT2D eigenvalue weighted by Crippen LogP contribution is 2.28. The van der Waals surface area contributed by atoms with Gasteiger partial charge in [0.05, 0.1) is 15.9 Å². The fraction of sp³-hybridized carbons (Fsp3) is 0.750. The number of hydrogen-bond acceptors (Lipinski definition) is 4. The van der Waals surface area contributed by atoms with Crippen LogP contribution in [0.5, 0.6) is 0 Å². The van der Waals surface area contributed by atoms with Crippen molar-refractivity contribution in [3.63, 3.8) is 0 Å². The smallest absolute Gasteiger partial charge is 0.143 e. The van der Waals surface area contributed by atoms with Gasteiger partial charge in [0.25, 0.3) is 0 Å². The Kier molecular flexibility index (Phi) is 6.67. The summed E-state index contributed by atoms with van der Waals surface area (Å²) in [5.74, 6) is 2.92. The van der Waals surface area contributed by atoms with E-state index in [2.05, 4.69) is 48.7 Å². The van der Waals surface area contributed by atoms with Gasteiger partial charge in [-0.05, 0) is 54.2 Å². The van der Waals surface area contributed by atoms with Crippen molar-refractivity contribution < 1.29 is 4.74 Å². The minimum atomic E-state index is 0.351. The van der Waals surface area contributed by atoms with E-state index in [4.69, 9.17) is 14.7 Å². The first-order valence-corrected chi connectivity index (χ1v) is 9.07. The van der Waals surface area contributed by atoms with Crippen molar-refractivity contribution >= 4 is 28.4 Å². The lowest BCUT2D eigenvalue weighted by molar-refractivity contribution is 0.0780. The minimum absolute atomic E-state index is 0.351. The number of nitrogens with one attached hydrogen (secondary N) is 1. The van der Waals surface area contributed by atoms with Crippen LogP contribution in [0.4, 0.5) is 5.82 Å². The van der Waals surface area contributed by atoms with Crippen LogP contribution in [0, 0.1) is 9.49 Å². The second-order valence-electron chi connectivity index (χ2n) is 6.13. The van der Waals surface area contributed by atoms with Crippen molar-refractivity contribution in [1.29, 1.82) is 0 Å². The quantitative estimate of drug-likeness (QED) is 0.730. The van der Waals surface area contributed by atoms with Crippen LogP contribution in [-0.4, -0.2) is 29.7 Å². The van der Waals surface area contributed by atoms with Crippen LogP contribution in [0.3, 0.4) is 0 Å². The summed E-state index contributed by atoms with van der Waals surface area (Å²) in [6.07, 6.45) is 4.34. The van der Waals surface area contributed by atoms with E-state index in [9.17, 15) is 0 Å². The first kappa shape index (κ1) is 16.9. The molecule has 21 heavy (non-hydrogen) atoms. The molecule has 0 spiro atoms. The molecular formula is C16H26IN3O. The fourth-order valence-corrected chi connectivity index (χ4v) is 3.17. The first-order valence-electron chi connectivity index (χ1n) is 7.99. The molecule has 0 aliphatic carbocycles. The Bertz CT molecular complexity index is 459. The first-order chi connectivity index (χ1) is 10.1. The van der Waals surface area contributed by atoms with Gasteiger partial charge in [-0.1, -0.05) is 20.8 Å². The minimum Gasteiger partial charge on any atom is -0.381 e. The Hall–Kier alpha value is -0.430. The van der Waals surface area contributed by atoms with E-state index >= 15 is 0 Å². The molecule has 1 aromatic heterocycles. The molecule has 1 atom stereocenters. The molecule has 118 valence electrons. The summed E-state index contributed by atoms with van der Waals surface area (Å²) >= 11 is 2.38. The Morgan fingerprint density at radius 3 is 2.81 bits per heavy atom. The lowest BCUT2D eigenvalue weighted by Crippen LogP contribution is -2.20. The molecule has 1 aromatic rings. The molecule has 0 amide bonds. The standard InChI is InChI=1S/C16H26IN3O/c1-4-7-18-16-14(17)13(9-11(2)3)19-15(20-16)12-6-5-8-21-10-12/h11-12H,4-10H2,1-3H3,(H,18,19,20). The Balaban J connectivity index is 2.29. The lowest BCUT2D eigenvalue weighted by Gasteiger charge is -2.23. The third-order valence-electron chi connectivity index (χ3n) is 3.61. The van der Waals surface area contributed by atoms with Gasteiger partial charge in [0.15, 0.2) is 0 Å². The molecule has 4 nitrogen and oxygen atoms in total. The summed E-state index contributed by atoms with van der Waals surface area (Å²) in [5.41, 5.74) is 1.18. The number of hydrogen-bond donors (Lipinski definition) is 1.